The van der Waals surface area contributed by atoms with Gasteiger partial charge in [0.2, 0.25) is 15.9 Å². The smallest absolute Gasteiger partial charge is 0.241 e. The summed E-state index contributed by atoms with van der Waals surface area (Å²) < 4.78 is 28.1. The van der Waals surface area contributed by atoms with Gasteiger partial charge >= 0.3 is 0 Å². The van der Waals surface area contributed by atoms with Gasteiger partial charge in [0.1, 0.15) is 0 Å². The minimum Gasteiger partial charge on any atom is -0.312 e. The Labute approximate surface area is 155 Å². The molecule has 1 saturated heterocycles. The fourth-order valence-corrected chi connectivity index (χ4v) is 4.62. The van der Waals surface area contributed by atoms with Gasteiger partial charge in [-0.15, -0.1) is 0 Å². The monoisotopic (exact) mass is 372 g/mol. The molecule has 1 aliphatic heterocycles. The van der Waals surface area contributed by atoms with Crippen molar-refractivity contribution in [3.8, 4) is 0 Å². The highest BCUT2D eigenvalue weighted by atomic mass is 32.2. The quantitative estimate of drug-likeness (QED) is 0.874. The van der Waals surface area contributed by atoms with Crippen molar-refractivity contribution >= 4 is 21.6 Å². The highest BCUT2D eigenvalue weighted by molar-refractivity contribution is 7.89. The summed E-state index contributed by atoms with van der Waals surface area (Å²) in [7, 11) is -3.64. The Morgan fingerprint density at radius 2 is 1.77 bits per heavy atom. The third-order valence-corrected chi connectivity index (χ3v) is 6.31. The first kappa shape index (κ1) is 18.6. The summed E-state index contributed by atoms with van der Waals surface area (Å²) >= 11 is 0. The number of nitrogens with one attached hydrogen (secondary N) is 1. The van der Waals surface area contributed by atoms with Crippen LogP contribution in [0.4, 0.5) is 5.69 Å². The zero-order chi connectivity index (χ0) is 18.9. The predicted octanol–water partition coefficient (Wildman–Crippen LogP) is 3.47. The molecule has 1 atom stereocenters. The van der Waals surface area contributed by atoms with Crippen LogP contribution in [0.2, 0.25) is 0 Å². The van der Waals surface area contributed by atoms with E-state index in [-0.39, 0.29) is 16.8 Å². The molecule has 0 aromatic heterocycles. The Bertz CT molecular complexity index is 921. The average Bonchev–Trinajstić information content (AvgIpc) is 3.00. The fraction of sp³-hybridized carbons (Fsp3) is 0.350. The van der Waals surface area contributed by atoms with E-state index >= 15 is 0 Å². The second-order valence-corrected chi connectivity index (χ2v) is 8.56. The van der Waals surface area contributed by atoms with Crippen LogP contribution in [0.3, 0.4) is 0 Å². The van der Waals surface area contributed by atoms with Gasteiger partial charge in [0.05, 0.1) is 4.90 Å². The maximum absolute atomic E-state index is 12.7. The van der Waals surface area contributed by atoms with Gasteiger partial charge in [-0.3, -0.25) is 4.79 Å². The van der Waals surface area contributed by atoms with E-state index in [9.17, 15) is 13.2 Å². The number of hydrogen-bond acceptors (Lipinski definition) is 3. The van der Waals surface area contributed by atoms with Crippen molar-refractivity contribution in [2.75, 3.05) is 11.4 Å². The molecule has 1 heterocycles. The lowest BCUT2D eigenvalue weighted by Gasteiger charge is -2.18. The maximum atomic E-state index is 12.7. The van der Waals surface area contributed by atoms with Crippen LogP contribution in [-0.4, -0.2) is 20.9 Å². The number of hydrogen-bond donors (Lipinski definition) is 1. The number of rotatable bonds is 5. The van der Waals surface area contributed by atoms with E-state index in [0.29, 0.717) is 13.0 Å². The number of amides is 1. The summed E-state index contributed by atoms with van der Waals surface area (Å²) in [5, 5.41) is 0. The van der Waals surface area contributed by atoms with Gasteiger partial charge in [0, 0.05) is 24.7 Å². The SMILES string of the molecule is Cc1ccc([C@H](C)NS(=O)(=O)c2ccc(N3CCCC3=O)cc2)c(C)c1. The molecule has 1 amide bonds. The first-order valence-electron chi connectivity index (χ1n) is 8.78. The Balaban J connectivity index is 1.78. The minimum absolute atomic E-state index is 0.0854. The first-order chi connectivity index (χ1) is 12.3. The van der Waals surface area contributed by atoms with Crippen molar-refractivity contribution in [2.45, 2.75) is 44.6 Å². The molecular formula is C20H24N2O3S. The number of carbonyl (C=O) groups is 1. The summed E-state index contributed by atoms with van der Waals surface area (Å²) in [5.41, 5.74) is 3.91. The molecule has 0 bridgehead atoms. The molecule has 3 rings (SSSR count). The number of sulfonamides is 1. The van der Waals surface area contributed by atoms with Crippen LogP contribution in [0, 0.1) is 13.8 Å². The van der Waals surface area contributed by atoms with Crippen molar-refractivity contribution in [2.24, 2.45) is 0 Å². The molecule has 2 aromatic carbocycles. The summed E-state index contributed by atoms with van der Waals surface area (Å²) in [4.78, 5) is 13.7. The van der Waals surface area contributed by atoms with Gasteiger partial charge in [-0.25, -0.2) is 13.1 Å². The molecule has 0 spiro atoms. The van der Waals surface area contributed by atoms with E-state index in [0.717, 1.165) is 28.8 Å². The molecule has 1 aliphatic rings. The van der Waals surface area contributed by atoms with Crippen molar-refractivity contribution in [1.29, 1.82) is 0 Å². The third-order valence-electron chi connectivity index (χ3n) is 4.76. The van der Waals surface area contributed by atoms with Crippen molar-refractivity contribution < 1.29 is 13.2 Å². The summed E-state index contributed by atoms with van der Waals surface area (Å²) in [6.45, 7) is 6.52. The Morgan fingerprint density at radius 3 is 2.35 bits per heavy atom. The molecule has 0 radical (unpaired) electrons. The molecule has 5 nitrogen and oxygen atoms in total. The summed E-state index contributed by atoms with van der Waals surface area (Å²) in [5.74, 6) is 0.0854. The van der Waals surface area contributed by atoms with E-state index < -0.39 is 10.0 Å². The molecule has 26 heavy (non-hydrogen) atoms. The second-order valence-electron chi connectivity index (χ2n) is 6.85. The second kappa shape index (κ2) is 7.21. The number of nitrogens with zero attached hydrogens (tertiary/aromatic N) is 1. The van der Waals surface area contributed by atoms with Crippen LogP contribution < -0.4 is 9.62 Å². The highest BCUT2D eigenvalue weighted by Gasteiger charge is 2.23. The van der Waals surface area contributed by atoms with Gasteiger partial charge in [-0.05, 0) is 62.6 Å². The lowest BCUT2D eigenvalue weighted by Crippen LogP contribution is -2.27. The fourth-order valence-electron chi connectivity index (χ4n) is 3.40. The normalized spacial score (nSPS) is 16.1. The number of benzene rings is 2. The van der Waals surface area contributed by atoms with Crippen LogP contribution in [0.5, 0.6) is 0 Å². The average molecular weight is 372 g/mol. The van der Waals surface area contributed by atoms with Crippen LogP contribution >= 0.6 is 0 Å². The van der Waals surface area contributed by atoms with Crippen LogP contribution in [0.15, 0.2) is 47.4 Å². The number of anilines is 1. The van der Waals surface area contributed by atoms with E-state index in [2.05, 4.69) is 4.72 Å². The molecule has 0 aliphatic carbocycles. The topological polar surface area (TPSA) is 66.5 Å². The Kier molecular flexibility index (Phi) is 5.16. The van der Waals surface area contributed by atoms with Gasteiger partial charge in [0.15, 0.2) is 0 Å². The van der Waals surface area contributed by atoms with Gasteiger partial charge in [-0.2, -0.15) is 0 Å². The standard InChI is InChI=1S/C20H24N2O3S/c1-14-6-11-19(15(2)13-14)16(3)21-26(24,25)18-9-7-17(8-10-18)22-12-4-5-20(22)23/h6-11,13,16,21H,4-5,12H2,1-3H3/t16-/m0/s1. The van der Waals surface area contributed by atoms with Crippen molar-refractivity contribution in [1.82, 2.24) is 4.72 Å². The van der Waals surface area contributed by atoms with Gasteiger partial charge in [0.25, 0.3) is 0 Å². The molecule has 2 aromatic rings. The van der Waals surface area contributed by atoms with E-state index in [1.54, 1.807) is 29.2 Å². The van der Waals surface area contributed by atoms with Crippen LogP contribution in [0.1, 0.15) is 42.5 Å². The minimum atomic E-state index is -3.64. The lowest BCUT2D eigenvalue weighted by molar-refractivity contribution is -0.117. The largest absolute Gasteiger partial charge is 0.312 e. The number of aryl methyl sites for hydroxylation is 2. The lowest BCUT2D eigenvalue weighted by atomic mass is 10.0. The zero-order valence-electron chi connectivity index (χ0n) is 15.3. The molecule has 6 heteroatoms. The molecule has 1 fully saturated rings. The zero-order valence-corrected chi connectivity index (χ0v) is 16.1. The van der Waals surface area contributed by atoms with Crippen molar-refractivity contribution in [3.05, 3.63) is 59.2 Å². The van der Waals surface area contributed by atoms with Crippen LogP contribution in [-0.2, 0) is 14.8 Å². The van der Waals surface area contributed by atoms with E-state index in [4.69, 9.17) is 0 Å². The van der Waals surface area contributed by atoms with E-state index in [1.807, 2.05) is 39.0 Å². The van der Waals surface area contributed by atoms with Crippen LogP contribution in [0.25, 0.3) is 0 Å². The maximum Gasteiger partial charge on any atom is 0.241 e. The van der Waals surface area contributed by atoms with E-state index in [1.165, 1.54) is 0 Å². The third kappa shape index (κ3) is 3.81. The van der Waals surface area contributed by atoms with Gasteiger partial charge in [-0.1, -0.05) is 23.8 Å². The molecular weight excluding hydrogens is 348 g/mol. The predicted molar refractivity (Wildman–Crippen MR) is 103 cm³/mol. The van der Waals surface area contributed by atoms with Gasteiger partial charge < -0.3 is 4.90 Å². The first-order valence-corrected chi connectivity index (χ1v) is 10.3. The number of carbonyl (C=O) groups excluding carboxylic acids is 1. The highest BCUT2D eigenvalue weighted by Crippen LogP contribution is 2.25. The molecule has 1 N–H and O–H groups in total. The summed E-state index contributed by atoms with van der Waals surface area (Å²) in [6.07, 6.45) is 1.39. The molecule has 0 saturated carbocycles. The molecule has 0 unspecified atom stereocenters. The van der Waals surface area contributed by atoms with Crippen molar-refractivity contribution in [3.63, 3.8) is 0 Å². The Morgan fingerprint density at radius 1 is 1.08 bits per heavy atom. The summed E-state index contributed by atoms with van der Waals surface area (Å²) in [6, 6.07) is 12.1. The molecule has 138 valence electrons. The Hall–Kier alpha value is -2.18.